The van der Waals surface area contributed by atoms with Crippen LogP contribution < -0.4 is 0 Å². The summed E-state index contributed by atoms with van der Waals surface area (Å²) in [4.78, 5) is 15.5. The van der Waals surface area contributed by atoms with E-state index in [1.807, 2.05) is 52.9 Å². The SMILES string of the molecule is CC.CC.CCc1cc(C)cn2cc(-c3nnc(-c4cc(C)c(CCC=O)cc4Cl)s3)nc12.CO. The van der Waals surface area contributed by atoms with Gasteiger partial charge in [-0.05, 0) is 61.1 Å². The van der Waals surface area contributed by atoms with E-state index in [2.05, 4.69) is 40.7 Å². The Morgan fingerprint density at radius 2 is 1.66 bits per heavy atom. The van der Waals surface area contributed by atoms with Crippen LogP contribution in [0.25, 0.3) is 26.9 Å². The third-order valence-corrected chi connectivity index (χ3v) is 6.27. The molecule has 4 aromatic rings. The molecular weight excluding hydrogens is 480 g/mol. The van der Waals surface area contributed by atoms with Crippen molar-refractivity contribution in [3.05, 3.63) is 57.9 Å². The summed E-state index contributed by atoms with van der Waals surface area (Å²) in [6, 6.07) is 6.12. The Bertz CT molecular complexity index is 1220. The van der Waals surface area contributed by atoms with E-state index in [-0.39, 0.29) is 0 Å². The predicted octanol–water partition coefficient (Wildman–Crippen LogP) is 7.14. The van der Waals surface area contributed by atoms with Crippen molar-refractivity contribution >= 4 is 34.9 Å². The molecule has 3 heterocycles. The quantitative estimate of drug-likeness (QED) is 0.275. The van der Waals surface area contributed by atoms with Gasteiger partial charge in [-0.15, -0.1) is 10.2 Å². The Balaban J connectivity index is 0.000000949. The molecule has 0 radical (unpaired) electrons. The predicted molar refractivity (Wildman–Crippen MR) is 149 cm³/mol. The van der Waals surface area contributed by atoms with Crippen LogP contribution in [0.15, 0.2) is 30.6 Å². The van der Waals surface area contributed by atoms with E-state index < -0.39 is 0 Å². The number of aromatic nitrogens is 4. The Morgan fingerprint density at radius 3 is 2.29 bits per heavy atom. The van der Waals surface area contributed by atoms with Gasteiger partial charge in [-0.25, -0.2) is 4.98 Å². The minimum Gasteiger partial charge on any atom is -0.400 e. The van der Waals surface area contributed by atoms with E-state index in [1.165, 1.54) is 22.5 Å². The second kappa shape index (κ2) is 15.4. The Morgan fingerprint density at radius 1 is 1.00 bits per heavy atom. The fourth-order valence-electron chi connectivity index (χ4n) is 3.49. The number of imidazole rings is 1. The lowest BCUT2D eigenvalue weighted by Gasteiger charge is -2.08. The van der Waals surface area contributed by atoms with Crippen LogP contribution in [0.1, 0.15) is 63.3 Å². The maximum absolute atomic E-state index is 10.7. The fraction of sp³-hybridized carbons (Fsp3) is 0.407. The zero-order valence-corrected chi connectivity index (χ0v) is 23.6. The van der Waals surface area contributed by atoms with E-state index in [0.717, 1.165) is 57.9 Å². The molecule has 0 atom stereocenters. The molecule has 0 saturated carbocycles. The topological polar surface area (TPSA) is 80.4 Å². The van der Waals surface area contributed by atoms with Crippen molar-refractivity contribution in [2.75, 3.05) is 7.11 Å². The van der Waals surface area contributed by atoms with Crippen molar-refractivity contribution in [1.82, 2.24) is 19.6 Å². The molecule has 8 heteroatoms. The van der Waals surface area contributed by atoms with Gasteiger partial charge in [-0.3, -0.25) is 0 Å². The second-order valence-electron chi connectivity index (χ2n) is 7.13. The van der Waals surface area contributed by atoms with Crippen molar-refractivity contribution in [2.45, 2.75) is 67.7 Å². The molecule has 1 N–H and O–H groups in total. The van der Waals surface area contributed by atoms with Crippen molar-refractivity contribution in [3.8, 4) is 21.3 Å². The van der Waals surface area contributed by atoms with Crippen LogP contribution in [0.5, 0.6) is 0 Å². The highest BCUT2D eigenvalue weighted by Gasteiger charge is 2.16. The summed E-state index contributed by atoms with van der Waals surface area (Å²) in [7, 11) is 1.00. The zero-order valence-electron chi connectivity index (χ0n) is 22.0. The summed E-state index contributed by atoms with van der Waals surface area (Å²) >= 11 is 8.00. The van der Waals surface area contributed by atoms with Crippen molar-refractivity contribution in [1.29, 1.82) is 0 Å². The number of aryl methyl sites for hydroxylation is 4. The molecule has 0 aliphatic heterocycles. The second-order valence-corrected chi connectivity index (χ2v) is 8.51. The van der Waals surface area contributed by atoms with Crippen LogP contribution in [0.4, 0.5) is 0 Å². The highest BCUT2D eigenvalue weighted by atomic mass is 35.5. The lowest BCUT2D eigenvalue weighted by molar-refractivity contribution is -0.107. The number of halogens is 1. The summed E-state index contributed by atoms with van der Waals surface area (Å²) in [6.45, 7) is 14.2. The van der Waals surface area contributed by atoms with Crippen molar-refractivity contribution < 1.29 is 9.90 Å². The van der Waals surface area contributed by atoms with Crippen LogP contribution in [0.2, 0.25) is 5.02 Å². The van der Waals surface area contributed by atoms with E-state index in [9.17, 15) is 4.79 Å². The molecule has 190 valence electrons. The molecule has 0 amide bonds. The van der Waals surface area contributed by atoms with Crippen molar-refractivity contribution in [2.24, 2.45) is 0 Å². The largest absolute Gasteiger partial charge is 0.400 e. The molecule has 0 aliphatic rings. The number of fused-ring (bicyclic) bond motifs is 1. The van der Waals surface area contributed by atoms with Crippen LogP contribution in [-0.2, 0) is 17.6 Å². The molecule has 0 bridgehead atoms. The minimum absolute atomic E-state index is 0.493. The molecule has 0 spiro atoms. The first-order chi connectivity index (χ1) is 17.0. The first kappa shape index (κ1) is 30.4. The van der Waals surface area contributed by atoms with E-state index in [4.69, 9.17) is 21.7 Å². The third-order valence-electron chi connectivity index (χ3n) is 4.98. The number of carbonyl (C=O) groups excluding carboxylic acids is 1. The maximum atomic E-state index is 10.7. The van der Waals surface area contributed by atoms with Gasteiger partial charge < -0.3 is 14.3 Å². The number of rotatable bonds is 6. The molecule has 1 aromatic carbocycles. The van der Waals surface area contributed by atoms with Gasteiger partial charge in [-0.1, -0.05) is 63.6 Å². The number of nitrogens with zero attached hydrogens (tertiary/aromatic N) is 4. The molecule has 0 aliphatic carbocycles. The number of hydrogen-bond acceptors (Lipinski definition) is 6. The summed E-state index contributed by atoms with van der Waals surface area (Å²) in [5.41, 5.74) is 7.22. The van der Waals surface area contributed by atoms with Gasteiger partial charge in [0, 0.05) is 31.5 Å². The lowest BCUT2D eigenvalue weighted by Crippen LogP contribution is -1.92. The molecule has 0 unspecified atom stereocenters. The summed E-state index contributed by atoms with van der Waals surface area (Å²) in [5, 5.41) is 17.9. The minimum atomic E-state index is 0.493. The average molecular weight is 517 g/mol. The summed E-state index contributed by atoms with van der Waals surface area (Å²) < 4.78 is 2.06. The summed E-state index contributed by atoms with van der Waals surface area (Å²) in [6.07, 6.45) is 7.11. The van der Waals surface area contributed by atoms with Crippen molar-refractivity contribution in [3.63, 3.8) is 0 Å². The zero-order chi connectivity index (χ0) is 26.5. The fourth-order valence-corrected chi connectivity index (χ4v) is 4.65. The summed E-state index contributed by atoms with van der Waals surface area (Å²) in [5.74, 6) is 0. The van der Waals surface area contributed by atoms with E-state index in [1.54, 1.807) is 0 Å². The van der Waals surface area contributed by atoms with Gasteiger partial charge in [0.1, 0.15) is 22.6 Å². The van der Waals surface area contributed by atoms with E-state index >= 15 is 0 Å². The lowest BCUT2D eigenvalue weighted by atomic mass is 10.0. The average Bonchev–Trinajstić information content (AvgIpc) is 3.55. The number of benzene rings is 1. The Labute approximate surface area is 218 Å². The number of aliphatic hydroxyl groups is 1. The maximum Gasteiger partial charge on any atom is 0.168 e. The number of carbonyl (C=O) groups is 1. The van der Waals surface area contributed by atoms with Crippen LogP contribution in [0, 0.1) is 13.8 Å². The van der Waals surface area contributed by atoms with Gasteiger partial charge >= 0.3 is 0 Å². The molecule has 6 nitrogen and oxygen atoms in total. The number of aldehydes is 1. The first-order valence-corrected chi connectivity index (χ1v) is 13.2. The van der Waals surface area contributed by atoms with Gasteiger partial charge in [0.25, 0.3) is 0 Å². The number of hydrogen-bond donors (Lipinski definition) is 1. The number of pyridine rings is 1. The number of aliphatic hydroxyl groups excluding tert-OH is 1. The van der Waals surface area contributed by atoms with Gasteiger partial charge in [0.15, 0.2) is 5.01 Å². The molecule has 0 saturated heterocycles. The monoisotopic (exact) mass is 516 g/mol. The van der Waals surface area contributed by atoms with Gasteiger partial charge in [-0.2, -0.15) is 0 Å². The molecule has 4 rings (SSSR count). The molecule has 0 fully saturated rings. The first-order valence-electron chi connectivity index (χ1n) is 12.0. The van der Waals surface area contributed by atoms with Crippen LogP contribution >= 0.6 is 22.9 Å². The highest BCUT2D eigenvalue weighted by molar-refractivity contribution is 7.18. The van der Waals surface area contributed by atoms with E-state index in [0.29, 0.717) is 17.9 Å². The van der Waals surface area contributed by atoms with Gasteiger partial charge in [0.05, 0.1) is 5.02 Å². The molecule has 3 aromatic heterocycles. The Kier molecular flexibility index (Phi) is 13.4. The molecule has 35 heavy (non-hydrogen) atoms. The smallest absolute Gasteiger partial charge is 0.168 e. The third kappa shape index (κ3) is 7.43. The standard InChI is InChI=1S/C22H21ClN4OS.2C2H6.CH4O/c1-4-15-8-13(2)11-27-12-19(24-20(15)27)22-26-25-21(29-22)17-9-14(3)16(6-5-7-28)10-18(17)23;3*1-2/h7-12H,4-6H2,1-3H3;2*1-2H3;2H,1H3. The van der Waals surface area contributed by atoms with Crippen LogP contribution in [-0.4, -0.2) is 38.1 Å². The van der Waals surface area contributed by atoms with Crippen LogP contribution in [0.3, 0.4) is 0 Å². The Hall–Kier alpha value is -2.61. The molecular formula is C27H37ClN4O2S. The highest BCUT2D eigenvalue weighted by Crippen LogP contribution is 2.35. The normalized spacial score (nSPS) is 9.89. The van der Waals surface area contributed by atoms with Gasteiger partial charge in [0.2, 0.25) is 0 Å².